The van der Waals surface area contributed by atoms with Crippen LogP contribution in [0.4, 0.5) is 14.6 Å². The minimum atomic E-state index is -4.11. The second kappa shape index (κ2) is 7.12. The van der Waals surface area contributed by atoms with Crippen LogP contribution in [0.25, 0.3) is 0 Å². The maximum atomic E-state index is 13.7. The first-order chi connectivity index (χ1) is 12.3. The van der Waals surface area contributed by atoms with Crippen LogP contribution in [0.15, 0.2) is 30.5 Å². The van der Waals surface area contributed by atoms with E-state index >= 15 is 0 Å². The Morgan fingerprint density at radius 1 is 1.27 bits per heavy atom. The molecule has 1 atom stereocenters. The quantitative estimate of drug-likeness (QED) is 0.843. The molecule has 0 bridgehead atoms. The highest BCUT2D eigenvalue weighted by molar-refractivity contribution is 7.88. The number of anilines is 1. The topological polar surface area (TPSA) is 84.3 Å². The Labute approximate surface area is 149 Å². The summed E-state index contributed by atoms with van der Waals surface area (Å²) >= 11 is 0. The monoisotopic (exact) mass is 384 g/mol. The second-order valence-electron chi connectivity index (χ2n) is 6.07. The molecule has 3 rings (SSSR count). The van der Waals surface area contributed by atoms with Gasteiger partial charge in [0.2, 0.25) is 15.9 Å². The van der Waals surface area contributed by atoms with Crippen molar-refractivity contribution >= 4 is 21.7 Å². The van der Waals surface area contributed by atoms with E-state index in [-0.39, 0.29) is 0 Å². The van der Waals surface area contributed by atoms with Crippen molar-refractivity contribution < 1.29 is 22.0 Å². The smallest absolute Gasteiger partial charge is 0.246 e. The highest BCUT2D eigenvalue weighted by atomic mass is 32.2. The van der Waals surface area contributed by atoms with E-state index in [1.54, 1.807) is 13.1 Å². The number of piperidine rings is 1. The number of carbonyl (C=O) groups is 1. The molecular formula is C16H18F2N4O3S. The maximum absolute atomic E-state index is 13.7. The summed E-state index contributed by atoms with van der Waals surface area (Å²) < 4.78 is 55.9. The first-order valence-corrected chi connectivity index (χ1v) is 9.66. The lowest BCUT2D eigenvalue weighted by atomic mass is 10.1. The molecule has 1 aromatic heterocycles. The molecule has 7 nitrogen and oxygen atoms in total. The standard InChI is InChI=1S/C16H18F2N4O3S/c1-21-15(7-8-19-21)22-9-3-6-14(16(22)23)20-26(24,25)10-11-12(17)4-2-5-13(11)18/h2,4-5,7-8,14,20H,3,6,9-10H2,1H3/t14-/m0/s1. The molecule has 1 aliphatic rings. The van der Waals surface area contributed by atoms with Gasteiger partial charge in [0.05, 0.1) is 11.9 Å². The summed E-state index contributed by atoms with van der Waals surface area (Å²) in [6, 6.07) is 3.81. The summed E-state index contributed by atoms with van der Waals surface area (Å²) in [6.07, 6.45) is 2.43. The molecule has 2 aromatic rings. The first-order valence-electron chi connectivity index (χ1n) is 8.01. The fraction of sp³-hybridized carbons (Fsp3) is 0.375. The Morgan fingerprint density at radius 2 is 1.96 bits per heavy atom. The average molecular weight is 384 g/mol. The van der Waals surface area contributed by atoms with E-state index in [1.807, 2.05) is 0 Å². The van der Waals surface area contributed by atoms with E-state index in [1.165, 1.54) is 15.8 Å². The van der Waals surface area contributed by atoms with Crippen LogP contribution in [-0.4, -0.2) is 36.7 Å². The highest BCUT2D eigenvalue weighted by Crippen LogP contribution is 2.21. The molecular weight excluding hydrogens is 366 g/mol. The van der Waals surface area contributed by atoms with Gasteiger partial charge in [-0.1, -0.05) is 6.07 Å². The van der Waals surface area contributed by atoms with Crippen LogP contribution < -0.4 is 9.62 Å². The van der Waals surface area contributed by atoms with Gasteiger partial charge >= 0.3 is 0 Å². The molecule has 10 heteroatoms. The molecule has 1 aliphatic heterocycles. The van der Waals surface area contributed by atoms with E-state index in [0.29, 0.717) is 25.2 Å². The zero-order valence-electron chi connectivity index (χ0n) is 14.0. The predicted octanol–water partition coefficient (Wildman–Crippen LogP) is 1.31. The van der Waals surface area contributed by atoms with Gasteiger partial charge in [-0.15, -0.1) is 0 Å². The van der Waals surface area contributed by atoms with Crippen LogP contribution in [0.5, 0.6) is 0 Å². The molecule has 140 valence electrons. The Hall–Kier alpha value is -2.33. The lowest BCUT2D eigenvalue weighted by Gasteiger charge is -2.32. The summed E-state index contributed by atoms with van der Waals surface area (Å²) in [4.78, 5) is 14.1. The number of carbonyl (C=O) groups excluding carboxylic acids is 1. The third-order valence-corrected chi connectivity index (χ3v) is 5.54. The predicted molar refractivity (Wildman–Crippen MR) is 90.7 cm³/mol. The van der Waals surface area contributed by atoms with Gasteiger partial charge in [0.1, 0.15) is 23.5 Å². The molecule has 0 unspecified atom stereocenters. The van der Waals surface area contributed by atoms with E-state index in [0.717, 1.165) is 18.2 Å². The number of rotatable bonds is 5. The first kappa shape index (κ1) is 18.5. The van der Waals surface area contributed by atoms with Gasteiger partial charge in [0.25, 0.3) is 0 Å². The van der Waals surface area contributed by atoms with Crippen LogP contribution in [-0.2, 0) is 27.6 Å². The fourth-order valence-electron chi connectivity index (χ4n) is 2.96. The van der Waals surface area contributed by atoms with Crippen molar-refractivity contribution in [2.24, 2.45) is 7.05 Å². The molecule has 0 radical (unpaired) electrons. The third-order valence-electron chi connectivity index (χ3n) is 4.23. The van der Waals surface area contributed by atoms with Crippen molar-refractivity contribution in [3.8, 4) is 0 Å². The third kappa shape index (κ3) is 3.75. The van der Waals surface area contributed by atoms with Gasteiger partial charge < -0.3 is 0 Å². The number of nitrogens with zero attached hydrogens (tertiary/aromatic N) is 3. The lowest BCUT2D eigenvalue weighted by molar-refractivity contribution is -0.121. The molecule has 1 amide bonds. The molecule has 0 spiro atoms. The number of halogens is 2. The second-order valence-corrected chi connectivity index (χ2v) is 7.83. The number of nitrogens with one attached hydrogen (secondary N) is 1. The molecule has 0 aliphatic carbocycles. The average Bonchev–Trinajstić information content (AvgIpc) is 2.99. The van der Waals surface area contributed by atoms with Gasteiger partial charge in [0, 0.05) is 25.2 Å². The van der Waals surface area contributed by atoms with Crippen molar-refractivity contribution in [2.45, 2.75) is 24.6 Å². The number of hydrogen-bond donors (Lipinski definition) is 1. The van der Waals surface area contributed by atoms with Crippen molar-refractivity contribution in [1.82, 2.24) is 14.5 Å². The number of aryl methyl sites for hydroxylation is 1. The molecule has 1 fully saturated rings. The summed E-state index contributed by atoms with van der Waals surface area (Å²) in [5, 5.41) is 4.00. The van der Waals surface area contributed by atoms with Gasteiger partial charge in [-0.05, 0) is 25.0 Å². The number of aromatic nitrogens is 2. The van der Waals surface area contributed by atoms with E-state index < -0.39 is 44.9 Å². The van der Waals surface area contributed by atoms with Gasteiger partial charge in [-0.3, -0.25) is 14.4 Å². The molecule has 1 N–H and O–H groups in total. The fourth-order valence-corrected chi connectivity index (χ4v) is 4.35. The Bertz CT molecular complexity index is 909. The minimum absolute atomic E-state index is 0.312. The Balaban J connectivity index is 1.77. The maximum Gasteiger partial charge on any atom is 0.246 e. The zero-order valence-corrected chi connectivity index (χ0v) is 14.8. The highest BCUT2D eigenvalue weighted by Gasteiger charge is 2.34. The molecule has 2 heterocycles. The number of sulfonamides is 1. The van der Waals surface area contributed by atoms with Gasteiger partial charge in [-0.2, -0.15) is 5.10 Å². The van der Waals surface area contributed by atoms with Crippen molar-refractivity contribution in [1.29, 1.82) is 0 Å². The molecule has 26 heavy (non-hydrogen) atoms. The molecule has 1 aromatic carbocycles. The molecule has 0 saturated carbocycles. The number of hydrogen-bond acceptors (Lipinski definition) is 4. The van der Waals surface area contributed by atoms with Crippen LogP contribution in [0.3, 0.4) is 0 Å². The normalized spacial score (nSPS) is 18.3. The van der Waals surface area contributed by atoms with Crippen LogP contribution in [0, 0.1) is 11.6 Å². The zero-order chi connectivity index (χ0) is 18.9. The minimum Gasteiger partial charge on any atom is -0.296 e. The number of benzene rings is 1. The van der Waals surface area contributed by atoms with Crippen LogP contribution in [0.1, 0.15) is 18.4 Å². The summed E-state index contributed by atoms with van der Waals surface area (Å²) in [6.45, 7) is 0.443. The summed E-state index contributed by atoms with van der Waals surface area (Å²) in [7, 11) is -2.44. The Morgan fingerprint density at radius 3 is 2.58 bits per heavy atom. The van der Waals surface area contributed by atoms with Crippen LogP contribution in [0.2, 0.25) is 0 Å². The van der Waals surface area contributed by atoms with Gasteiger partial charge in [-0.25, -0.2) is 21.9 Å². The van der Waals surface area contributed by atoms with Crippen LogP contribution >= 0.6 is 0 Å². The van der Waals surface area contributed by atoms with E-state index in [2.05, 4.69) is 9.82 Å². The summed E-state index contributed by atoms with van der Waals surface area (Å²) in [5.41, 5.74) is -0.549. The largest absolute Gasteiger partial charge is 0.296 e. The SMILES string of the molecule is Cn1nccc1N1CCC[C@H](NS(=O)(=O)Cc2c(F)cccc2F)C1=O. The summed E-state index contributed by atoms with van der Waals surface area (Å²) in [5.74, 6) is -2.62. The molecule has 1 saturated heterocycles. The van der Waals surface area contributed by atoms with Crippen molar-refractivity contribution in [2.75, 3.05) is 11.4 Å². The Kier molecular flexibility index (Phi) is 5.05. The van der Waals surface area contributed by atoms with Crippen molar-refractivity contribution in [3.05, 3.63) is 47.7 Å². The number of amides is 1. The van der Waals surface area contributed by atoms with Gasteiger partial charge in [0.15, 0.2) is 0 Å². The van der Waals surface area contributed by atoms with Crippen molar-refractivity contribution in [3.63, 3.8) is 0 Å². The van der Waals surface area contributed by atoms with E-state index in [9.17, 15) is 22.0 Å². The van der Waals surface area contributed by atoms with E-state index in [4.69, 9.17) is 0 Å². The lowest BCUT2D eigenvalue weighted by Crippen LogP contribution is -2.53.